The van der Waals surface area contributed by atoms with Crippen molar-refractivity contribution < 1.29 is 9.53 Å². The molecule has 8 nitrogen and oxygen atoms in total. The smallest absolute Gasteiger partial charge is 0.418 e. The third-order valence-electron chi connectivity index (χ3n) is 3.64. The number of carbonyl (C=O) groups excluding carboxylic acids is 1. The van der Waals surface area contributed by atoms with E-state index >= 15 is 0 Å². The van der Waals surface area contributed by atoms with Crippen LogP contribution >= 0.6 is 0 Å². The van der Waals surface area contributed by atoms with Gasteiger partial charge in [-0.05, 0) is 32.9 Å². The Labute approximate surface area is 150 Å². The van der Waals surface area contributed by atoms with Gasteiger partial charge in [0.25, 0.3) is 0 Å². The first kappa shape index (κ1) is 17.2. The van der Waals surface area contributed by atoms with Crippen molar-refractivity contribution in [2.75, 3.05) is 11.5 Å². The van der Waals surface area contributed by atoms with E-state index in [1.165, 1.54) is 4.57 Å². The summed E-state index contributed by atoms with van der Waals surface area (Å²) in [7, 11) is 0. The Morgan fingerprint density at radius 2 is 1.96 bits per heavy atom. The summed E-state index contributed by atoms with van der Waals surface area (Å²) in [4.78, 5) is 20.4. The van der Waals surface area contributed by atoms with E-state index in [0.29, 0.717) is 22.2 Å². The summed E-state index contributed by atoms with van der Waals surface area (Å²) in [6.07, 6.45) is 1.12. The fourth-order valence-electron chi connectivity index (χ4n) is 2.65. The minimum atomic E-state index is -0.616. The zero-order valence-corrected chi connectivity index (χ0v) is 14.6. The first-order chi connectivity index (χ1) is 12.2. The molecule has 0 atom stereocenters. The molecule has 0 unspecified atom stereocenters. The minimum Gasteiger partial charge on any atom is -0.443 e. The molecule has 26 heavy (non-hydrogen) atoms. The molecule has 3 aromatic rings. The molecule has 0 aliphatic heterocycles. The Balaban J connectivity index is 2.20. The number of nitrogens with zero attached hydrogens (tertiary/aromatic N) is 4. The number of nitriles is 1. The molecule has 4 N–H and O–H groups in total. The number of carbonyl (C=O) groups is 1. The second-order valence-electron chi connectivity index (χ2n) is 6.71. The molecule has 2 aromatic heterocycles. The number of anilines is 2. The molecule has 0 spiro atoms. The van der Waals surface area contributed by atoms with Crippen LogP contribution in [0.5, 0.6) is 0 Å². The van der Waals surface area contributed by atoms with E-state index in [1.54, 1.807) is 51.2 Å². The van der Waals surface area contributed by atoms with Gasteiger partial charge in [0.05, 0.1) is 11.2 Å². The highest BCUT2D eigenvalue weighted by atomic mass is 16.6. The van der Waals surface area contributed by atoms with Crippen LogP contribution in [-0.4, -0.2) is 26.2 Å². The summed E-state index contributed by atoms with van der Waals surface area (Å²) in [6, 6.07) is 9.09. The first-order valence-electron chi connectivity index (χ1n) is 7.88. The van der Waals surface area contributed by atoms with E-state index < -0.39 is 11.7 Å². The summed E-state index contributed by atoms with van der Waals surface area (Å²) in [5.41, 5.74) is 12.6. The maximum absolute atomic E-state index is 12.4. The number of nitrogens with two attached hydrogens (primary N) is 2. The number of rotatable bonds is 1. The molecular formula is C18H18N6O2. The largest absolute Gasteiger partial charge is 0.443 e. The summed E-state index contributed by atoms with van der Waals surface area (Å²) < 4.78 is 6.83. The van der Waals surface area contributed by atoms with Gasteiger partial charge in [0, 0.05) is 17.1 Å². The third kappa shape index (κ3) is 3.02. The van der Waals surface area contributed by atoms with Crippen LogP contribution < -0.4 is 11.5 Å². The number of ether oxygens (including phenoxy) is 1. The molecule has 0 saturated heterocycles. The zero-order chi connectivity index (χ0) is 19.1. The van der Waals surface area contributed by atoms with Crippen molar-refractivity contribution >= 4 is 28.8 Å². The lowest BCUT2D eigenvalue weighted by atomic mass is 10.0. The van der Waals surface area contributed by atoms with Crippen molar-refractivity contribution in [2.24, 2.45) is 0 Å². The van der Waals surface area contributed by atoms with E-state index in [9.17, 15) is 10.1 Å². The van der Waals surface area contributed by atoms with Gasteiger partial charge in [0.2, 0.25) is 5.95 Å². The standard InChI is InChI=1S/C18H18N6O2/c1-18(2,3)26-17(25)24-8-7-10-11(5-4-6-13(10)24)14-12(9-19)15(20)23-16(21)22-14/h4-8H,1-3H3,(H4,20,21,22,23). The lowest BCUT2D eigenvalue weighted by Gasteiger charge is -2.19. The molecule has 0 saturated carbocycles. The molecule has 8 heteroatoms. The van der Waals surface area contributed by atoms with Crippen molar-refractivity contribution in [2.45, 2.75) is 26.4 Å². The average molecular weight is 350 g/mol. The average Bonchev–Trinajstić information content (AvgIpc) is 2.96. The van der Waals surface area contributed by atoms with Crippen LogP contribution in [0.4, 0.5) is 16.6 Å². The monoisotopic (exact) mass is 350 g/mol. The number of hydrogen-bond acceptors (Lipinski definition) is 7. The Morgan fingerprint density at radius 1 is 1.23 bits per heavy atom. The van der Waals surface area contributed by atoms with Gasteiger partial charge < -0.3 is 16.2 Å². The molecule has 0 bridgehead atoms. The SMILES string of the molecule is CC(C)(C)OC(=O)n1ccc2c(-c3nc(N)nc(N)c3C#N)cccc21. The van der Waals surface area contributed by atoms with Crippen molar-refractivity contribution in [1.29, 1.82) is 5.26 Å². The van der Waals surface area contributed by atoms with E-state index in [-0.39, 0.29) is 17.3 Å². The number of fused-ring (bicyclic) bond motifs is 1. The summed E-state index contributed by atoms with van der Waals surface area (Å²) in [5, 5.41) is 10.1. The quantitative estimate of drug-likeness (QED) is 0.689. The normalized spacial score (nSPS) is 11.3. The second-order valence-corrected chi connectivity index (χ2v) is 6.71. The van der Waals surface area contributed by atoms with Gasteiger partial charge in [0.1, 0.15) is 23.1 Å². The Hall–Kier alpha value is -3.60. The molecule has 0 aliphatic carbocycles. The molecule has 0 fully saturated rings. The fourth-order valence-corrected chi connectivity index (χ4v) is 2.65. The second kappa shape index (κ2) is 6.04. The van der Waals surface area contributed by atoms with Gasteiger partial charge in [0.15, 0.2) is 0 Å². The third-order valence-corrected chi connectivity index (χ3v) is 3.64. The van der Waals surface area contributed by atoms with Crippen molar-refractivity contribution in [3.8, 4) is 17.3 Å². The van der Waals surface area contributed by atoms with Crippen LogP contribution in [0, 0.1) is 11.3 Å². The lowest BCUT2D eigenvalue weighted by Crippen LogP contribution is -2.26. The Bertz CT molecular complexity index is 1060. The minimum absolute atomic E-state index is 0.0126. The predicted octanol–water partition coefficient (Wildman–Crippen LogP) is 2.92. The van der Waals surface area contributed by atoms with Crippen molar-refractivity contribution in [3.63, 3.8) is 0 Å². The molecule has 132 valence electrons. The van der Waals surface area contributed by atoms with Gasteiger partial charge in [-0.25, -0.2) is 9.78 Å². The molecule has 0 aliphatic rings. The highest BCUT2D eigenvalue weighted by molar-refractivity contribution is 6.00. The van der Waals surface area contributed by atoms with Crippen LogP contribution in [0.15, 0.2) is 30.5 Å². The molecule has 0 amide bonds. The number of hydrogen-bond donors (Lipinski definition) is 2. The molecule has 3 rings (SSSR count). The van der Waals surface area contributed by atoms with Crippen molar-refractivity contribution in [1.82, 2.24) is 14.5 Å². The van der Waals surface area contributed by atoms with E-state index in [0.717, 1.165) is 0 Å². The van der Waals surface area contributed by atoms with Crippen LogP contribution in [-0.2, 0) is 4.74 Å². The van der Waals surface area contributed by atoms with Gasteiger partial charge >= 0.3 is 6.09 Å². The van der Waals surface area contributed by atoms with Gasteiger partial charge in [-0.2, -0.15) is 10.2 Å². The number of nitrogen functional groups attached to an aromatic ring is 2. The first-order valence-corrected chi connectivity index (χ1v) is 7.88. The zero-order valence-electron chi connectivity index (χ0n) is 14.6. The van der Waals surface area contributed by atoms with Crippen LogP contribution in [0.1, 0.15) is 26.3 Å². The fraction of sp³-hybridized carbons (Fsp3) is 0.222. The van der Waals surface area contributed by atoms with Gasteiger partial charge in [-0.3, -0.25) is 4.57 Å². The summed E-state index contributed by atoms with van der Waals surface area (Å²) in [6.45, 7) is 5.40. The molecule has 2 heterocycles. The lowest BCUT2D eigenvalue weighted by molar-refractivity contribution is 0.0544. The van der Waals surface area contributed by atoms with Crippen LogP contribution in [0.3, 0.4) is 0 Å². The number of benzene rings is 1. The predicted molar refractivity (Wildman–Crippen MR) is 98.1 cm³/mol. The molecule has 1 aromatic carbocycles. The van der Waals surface area contributed by atoms with Gasteiger partial charge in [-0.15, -0.1) is 0 Å². The van der Waals surface area contributed by atoms with Crippen LogP contribution in [0.25, 0.3) is 22.2 Å². The Morgan fingerprint density at radius 3 is 2.62 bits per heavy atom. The van der Waals surface area contributed by atoms with Gasteiger partial charge in [-0.1, -0.05) is 12.1 Å². The van der Waals surface area contributed by atoms with Crippen molar-refractivity contribution in [3.05, 3.63) is 36.0 Å². The molecule has 0 radical (unpaired) electrons. The summed E-state index contributed by atoms with van der Waals surface area (Å²) >= 11 is 0. The van der Waals surface area contributed by atoms with E-state index in [2.05, 4.69) is 9.97 Å². The summed E-state index contributed by atoms with van der Waals surface area (Å²) in [5.74, 6) is -0.0151. The molecular weight excluding hydrogens is 332 g/mol. The number of aromatic nitrogens is 3. The van der Waals surface area contributed by atoms with E-state index in [1.807, 2.05) is 6.07 Å². The maximum Gasteiger partial charge on any atom is 0.418 e. The Kier molecular flexibility index (Phi) is 4.00. The van der Waals surface area contributed by atoms with E-state index in [4.69, 9.17) is 16.2 Å². The van der Waals surface area contributed by atoms with Crippen LogP contribution in [0.2, 0.25) is 0 Å². The maximum atomic E-state index is 12.4. The highest BCUT2D eigenvalue weighted by Gasteiger charge is 2.21. The topological polar surface area (TPSA) is 133 Å². The highest BCUT2D eigenvalue weighted by Crippen LogP contribution is 2.32.